The molecule has 0 fully saturated rings. The SMILES string of the molecule is CCCN(CC(=O)Nc1ccccc1C)C(=O)COC(=O)c1cccc(C)c1N. The molecule has 2 rings (SSSR count). The van der Waals surface area contributed by atoms with E-state index < -0.39 is 18.5 Å². The Kier molecular flexibility index (Phi) is 7.77. The molecule has 0 aromatic heterocycles. The first-order valence-electron chi connectivity index (χ1n) is 9.49. The smallest absolute Gasteiger partial charge is 0.340 e. The number of esters is 1. The van der Waals surface area contributed by atoms with E-state index >= 15 is 0 Å². The van der Waals surface area contributed by atoms with Gasteiger partial charge in [-0.3, -0.25) is 9.59 Å². The number of nitrogens with one attached hydrogen (secondary N) is 1. The third-order valence-electron chi connectivity index (χ3n) is 4.47. The molecular formula is C22H27N3O4. The molecule has 7 nitrogen and oxygen atoms in total. The Morgan fingerprint density at radius 1 is 1.03 bits per heavy atom. The maximum atomic E-state index is 12.5. The number of carbonyl (C=O) groups is 3. The van der Waals surface area contributed by atoms with E-state index in [9.17, 15) is 14.4 Å². The molecule has 0 aliphatic carbocycles. The number of carbonyl (C=O) groups excluding carboxylic acids is 3. The molecule has 29 heavy (non-hydrogen) atoms. The summed E-state index contributed by atoms with van der Waals surface area (Å²) in [5, 5.41) is 2.80. The van der Waals surface area contributed by atoms with Gasteiger partial charge in [-0.15, -0.1) is 0 Å². The zero-order valence-corrected chi connectivity index (χ0v) is 17.0. The fourth-order valence-electron chi connectivity index (χ4n) is 2.79. The molecule has 3 N–H and O–H groups in total. The lowest BCUT2D eigenvalue weighted by molar-refractivity contribution is -0.137. The summed E-state index contributed by atoms with van der Waals surface area (Å²) in [6, 6.07) is 12.4. The number of nitrogen functional groups attached to an aromatic ring is 1. The summed E-state index contributed by atoms with van der Waals surface area (Å²) in [5.74, 6) is -1.41. The maximum Gasteiger partial charge on any atom is 0.340 e. The molecule has 0 saturated carbocycles. The van der Waals surface area contributed by atoms with E-state index in [4.69, 9.17) is 10.5 Å². The molecule has 2 aromatic carbocycles. The van der Waals surface area contributed by atoms with Gasteiger partial charge >= 0.3 is 5.97 Å². The standard InChI is InChI=1S/C22H27N3O4/c1-4-12-25(13-19(26)24-18-11-6-5-8-15(18)2)20(27)14-29-22(28)17-10-7-9-16(3)21(17)23/h5-11H,4,12-14,23H2,1-3H3,(H,24,26). The Labute approximate surface area is 170 Å². The maximum absolute atomic E-state index is 12.5. The fraction of sp³-hybridized carbons (Fsp3) is 0.318. The molecule has 0 aliphatic heterocycles. The van der Waals surface area contributed by atoms with Crippen LogP contribution in [0.1, 0.15) is 34.8 Å². The van der Waals surface area contributed by atoms with E-state index in [0.717, 1.165) is 11.1 Å². The minimum Gasteiger partial charge on any atom is -0.452 e. The van der Waals surface area contributed by atoms with Gasteiger partial charge in [0.05, 0.1) is 12.1 Å². The summed E-state index contributed by atoms with van der Waals surface area (Å²) >= 11 is 0. The molecule has 0 saturated heterocycles. The van der Waals surface area contributed by atoms with Crippen molar-refractivity contribution in [2.24, 2.45) is 0 Å². The van der Waals surface area contributed by atoms with Crippen LogP contribution < -0.4 is 11.1 Å². The lowest BCUT2D eigenvalue weighted by Crippen LogP contribution is -2.40. The Bertz CT molecular complexity index is 895. The van der Waals surface area contributed by atoms with Crippen molar-refractivity contribution in [3.63, 3.8) is 0 Å². The van der Waals surface area contributed by atoms with Crippen molar-refractivity contribution in [2.45, 2.75) is 27.2 Å². The first-order chi connectivity index (χ1) is 13.8. The van der Waals surface area contributed by atoms with Gasteiger partial charge in [0.15, 0.2) is 6.61 Å². The van der Waals surface area contributed by atoms with Crippen molar-refractivity contribution in [2.75, 3.05) is 30.7 Å². The largest absolute Gasteiger partial charge is 0.452 e. The van der Waals surface area contributed by atoms with E-state index in [1.807, 2.05) is 32.0 Å². The van der Waals surface area contributed by atoms with Gasteiger partial charge in [-0.25, -0.2) is 4.79 Å². The molecule has 2 aromatic rings. The number of para-hydroxylation sites is 2. The molecular weight excluding hydrogens is 370 g/mol. The minimum atomic E-state index is -0.666. The van der Waals surface area contributed by atoms with Crippen LogP contribution in [0.4, 0.5) is 11.4 Å². The van der Waals surface area contributed by atoms with Crippen molar-refractivity contribution in [3.05, 3.63) is 59.2 Å². The van der Waals surface area contributed by atoms with Crippen molar-refractivity contribution in [1.82, 2.24) is 4.90 Å². The quantitative estimate of drug-likeness (QED) is 0.527. The highest BCUT2D eigenvalue weighted by atomic mass is 16.5. The first-order valence-corrected chi connectivity index (χ1v) is 9.49. The number of aryl methyl sites for hydroxylation is 2. The Balaban J connectivity index is 1.96. The van der Waals surface area contributed by atoms with Gasteiger partial charge in [0.25, 0.3) is 5.91 Å². The molecule has 0 radical (unpaired) electrons. The van der Waals surface area contributed by atoms with E-state index in [2.05, 4.69) is 5.32 Å². The average Bonchev–Trinajstić information content (AvgIpc) is 2.69. The third kappa shape index (κ3) is 6.07. The van der Waals surface area contributed by atoms with Gasteiger partial charge < -0.3 is 20.7 Å². The summed E-state index contributed by atoms with van der Waals surface area (Å²) in [5.41, 5.74) is 8.83. The summed E-state index contributed by atoms with van der Waals surface area (Å²) < 4.78 is 5.13. The molecule has 0 unspecified atom stereocenters. The van der Waals surface area contributed by atoms with Crippen molar-refractivity contribution >= 4 is 29.2 Å². The van der Waals surface area contributed by atoms with Crippen LogP contribution in [-0.2, 0) is 14.3 Å². The number of rotatable bonds is 8. The number of benzene rings is 2. The Morgan fingerprint density at radius 3 is 2.41 bits per heavy atom. The minimum absolute atomic E-state index is 0.120. The zero-order chi connectivity index (χ0) is 21.4. The summed E-state index contributed by atoms with van der Waals surface area (Å²) in [6.07, 6.45) is 0.669. The molecule has 154 valence electrons. The lowest BCUT2D eigenvalue weighted by Gasteiger charge is -2.22. The third-order valence-corrected chi connectivity index (χ3v) is 4.47. The van der Waals surface area contributed by atoms with Crippen molar-refractivity contribution in [1.29, 1.82) is 0 Å². The molecule has 0 heterocycles. The molecule has 7 heteroatoms. The van der Waals surface area contributed by atoms with Gasteiger partial charge in [-0.1, -0.05) is 37.3 Å². The topological polar surface area (TPSA) is 102 Å². The number of nitrogens with zero attached hydrogens (tertiary/aromatic N) is 1. The van der Waals surface area contributed by atoms with Crippen LogP contribution >= 0.6 is 0 Å². The molecule has 0 atom stereocenters. The highest BCUT2D eigenvalue weighted by Crippen LogP contribution is 2.17. The van der Waals surface area contributed by atoms with Crippen LogP contribution in [0, 0.1) is 13.8 Å². The van der Waals surface area contributed by atoms with Crippen LogP contribution in [0.2, 0.25) is 0 Å². The van der Waals surface area contributed by atoms with Gasteiger partial charge in [0, 0.05) is 17.9 Å². The van der Waals surface area contributed by atoms with E-state index in [-0.39, 0.29) is 18.0 Å². The van der Waals surface area contributed by atoms with E-state index in [1.165, 1.54) is 4.90 Å². The first kappa shape index (κ1) is 21.9. The van der Waals surface area contributed by atoms with Crippen LogP contribution in [0.3, 0.4) is 0 Å². The van der Waals surface area contributed by atoms with E-state index in [0.29, 0.717) is 24.3 Å². The van der Waals surface area contributed by atoms with Gasteiger partial charge in [-0.05, 0) is 43.5 Å². The number of nitrogens with two attached hydrogens (primary N) is 1. The van der Waals surface area contributed by atoms with Crippen LogP contribution in [-0.4, -0.2) is 42.4 Å². The monoisotopic (exact) mass is 397 g/mol. The predicted octanol–water partition coefficient (Wildman–Crippen LogP) is 2.92. The second kappa shape index (κ2) is 10.3. The number of ether oxygens (including phenoxy) is 1. The van der Waals surface area contributed by atoms with Gasteiger partial charge in [0.1, 0.15) is 0 Å². The van der Waals surface area contributed by atoms with Crippen molar-refractivity contribution < 1.29 is 19.1 Å². The molecule has 0 aliphatic rings. The van der Waals surface area contributed by atoms with Gasteiger partial charge in [0.2, 0.25) is 5.91 Å². The molecule has 0 spiro atoms. The van der Waals surface area contributed by atoms with Gasteiger partial charge in [-0.2, -0.15) is 0 Å². The second-order valence-electron chi connectivity index (χ2n) is 6.79. The Morgan fingerprint density at radius 2 is 1.72 bits per heavy atom. The number of hydrogen-bond acceptors (Lipinski definition) is 5. The zero-order valence-electron chi connectivity index (χ0n) is 17.0. The Hall–Kier alpha value is -3.35. The van der Waals surface area contributed by atoms with Crippen molar-refractivity contribution in [3.8, 4) is 0 Å². The highest BCUT2D eigenvalue weighted by molar-refractivity contribution is 5.98. The van der Waals surface area contributed by atoms with Crippen LogP contribution in [0.5, 0.6) is 0 Å². The van der Waals surface area contributed by atoms with E-state index in [1.54, 1.807) is 31.2 Å². The number of hydrogen-bond donors (Lipinski definition) is 2. The molecule has 2 amide bonds. The summed E-state index contributed by atoms with van der Waals surface area (Å²) in [6.45, 7) is 5.38. The average molecular weight is 397 g/mol. The lowest BCUT2D eigenvalue weighted by atomic mass is 10.1. The summed E-state index contributed by atoms with van der Waals surface area (Å²) in [7, 11) is 0. The second-order valence-corrected chi connectivity index (χ2v) is 6.79. The fourth-order valence-corrected chi connectivity index (χ4v) is 2.79. The van der Waals surface area contributed by atoms with Crippen LogP contribution in [0.25, 0.3) is 0 Å². The normalized spacial score (nSPS) is 10.3. The number of anilines is 2. The predicted molar refractivity (Wildman–Crippen MR) is 113 cm³/mol. The molecule has 0 bridgehead atoms. The highest BCUT2D eigenvalue weighted by Gasteiger charge is 2.20. The summed E-state index contributed by atoms with van der Waals surface area (Å²) in [4.78, 5) is 38.5. The van der Waals surface area contributed by atoms with Crippen LogP contribution in [0.15, 0.2) is 42.5 Å². The number of amides is 2.